The first-order valence-corrected chi connectivity index (χ1v) is 11.3. The second-order valence-corrected chi connectivity index (χ2v) is 8.45. The zero-order valence-corrected chi connectivity index (χ0v) is 18.0. The van der Waals surface area contributed by atoms with Crippen LogP contribution in [-0.2, 0) is 10.0 Å². The molecule has 29 heavy (non-hydrogen) atoms. The van der Waals surface area contributed by atoms with Crippen molar-refractivity contribution in [3.05, 3.63) is 71.1 Å². The molecule has 2 aromatic carbocycles. The monoisotopic (exact) mass is 429 g/mol. The molecule has 1 aliphatic rings. The summed E-state index contributed by atoms with van der Waals surface area (Å²) in [5.41, 5.74) is 6.37. The molecule has 0 spiro atoms. The molecule has 0 amide bonds. The van der Waals surface area contributed by atoms with E-state index in [1.807, 2.05) is 37.3 Å². The van der Waals surface area contributed by atoms with Crippen molar-refractivity contribution < 1.29 is 13.4 Å². The summed E-state index contributed by atoms with van der Waals surface area (Å²) < 4.78 is 17.6. The van der Waals surface area contributed by atoms with Gasteiger partial charge in [0.05, 0.1) is 0 Å². The van der Waals surface area contributed by atoms with Gasteiger partial charge >= 0.3 is 0 Å². The van der Waals surface area contributed by atoms with Crippen LogP contribution in [0.3, 0.4) is 0 Å². The van der Waals surface area contributed by atoms with Crippen LogP contribution in [0.5, 0.6) is 5.75 Å². The molecule has 0 saturated carbocycles. The molecule has 8 heteroatoms. The van der Waals surface area contributed by atoms with Gasteiger partial charge in [-0.05, 0) is 36.3 Å². The topological polar surface area (TPSA) is 69.4 Å². The van der Waals surface area contributed by atoms with Crippen LogP contribution < -0.4 is 10.2 Å². The molecule has 6 nitrogen and oxygen atoms in total. The minimum Gasteiger partial charge on any atom is -0.480 e. The van der Waals surface area contributed by atoms with Gasteiger partial charge in [0.25, 0.3) is 11.1 Å². The first-order chi connectivity index (χ1) is 14.2. The van der Waals surface area contributed by atoms with Gasteiger partial charge in [0, 0.05) is 29.1 Å². The smallest absolute Gasteiger partial charge is 0.277 e. The second-order valence-electron chi connectivity index (χ2n) is 6.62. The van der Waals surface area contributed by atoms with Crippen LogP contribution >= 0.6 is 23.4 Å². The molecule has 1 N–H and O–H groups in total. The highest BCUT2D eigenvalue weighted by atomic mass is 32.2. The fraction of sp³-hybridized carbons (Fsp3) is 0.286. The molecule has 0 bridgehead atoms. The highest BCUT2D eigenvalue weighted by Gasteiger charge is 2.29. The zero-order valence-electron chi connectivity index (χ0n) is 16.3. The number of thioether (sulfide) groups is 1. The minimum atomic E-state index is -0.323. The van der Waals surface area contributed by atoms with E-state index in [1.54, 1.807) is 0 Å². The Balaban J connectivity index is 1.51. The summed E-state index contributed by atoms with van der Waals surface area (Å²) in [6, 6.07) is 16.4. The normalized spacial score (nSPS) is 17.4. The van der Waals surface area contributed by atoms with Gasteiger partial charge in [-0.25, -0.2) is 4.28 Å². The molecule has 1 atom stereocenters. The maximum atomic E-state index is 6.18. The molecule has 1 unspecified atom stereocenters. The summed E-state index contributed by atoms with van der Waals surface area (Å²) in [4.78, 5) is 1.12. The highest BCUT2D eigenvalue weighted by Crippen LogP contribution is 2.37. The predicted molar refractivity (Wildman–Crippen MR) is 117 cm³/mol. The molecule has 4 rings (SSSR count). The largest absolute Gasteiger partial charge is 0.480 e. The summed E-state index contributed by atoms with van der Waals surface area (Å²) in [7, 11) is 0. The number of ether oxygens (including phenoxy) is 1. The van der Waals surface area contributed by atoms with E-state index in [4.69, 9.17) is 13.4 Å². The lowest BCUT2D eigenvalue weighted by Crippen LogP contribution is -2.21. The van der Waals surface area contributed by atoms with Crippen molar-refractivity contribution in [1.82, 2.24) is 15.7 Å². The Bertz CT molecular complexity index is 992. The van der Waals surface area contributed by atoms with Gasteiger partial charge in [-0.15, -0.1) is 10.2 Å². The Morgan fingerprint density at radius 3 is 2.90 bits per heavy atom. The van der Waals surface area contributed by atoms with Crippen molar-refractivity contribution in [3.63, 3.8) is 0 Å². The van der Waals surface area contributed by atoms with Crippen molar-refractivity contribution in [2.75, 3.05) is 6.54 Å². The molecule has 1 aromatic heterocycles. The molecule has 0 fully saturated rings. The molecule has 3 aromatic rings. The summed E-state index contributed by atoms with van der Waals surface area (Å²) in [6.45, 7) is 4.81. The van der Waals surface area contributed by atoms with E-state index in [1.165, 1.54) is 22.9 Å². The Hall–Kier alpha value is -2.13. The van der Waals surface area contributed by atoms with Gasteiger partial charge in [-0.3, -0.25) is 0 Å². The first kappa shape index (κ1) is 20.2. The van der Waals surface area contributed by atoms with E-state index in [2.05, 4.69) is 40.8 Å². The molecule has 0 aliphatic carbocycles. The summed E-state index contributed by atoms with van der Waals surface area (Å²) in [6.07, 6.45) is 0.311. The quantitative estimate of drug-likeness (QED) is 0.186. The van der Waals surface area contributed by atoms with Crippen LogP contribution in [0.4, 0.5) is 0 Å². The molecule has 152 valence electrons. The lowest BCUT2D eigenvalue weighted by Gasteiger charge is -2.26. The van der Waals surface area contributed by atoms with Gasteiger partial charge < -0.3 is 9.15 Å². The van der Waals surface area contributed by atoms with E-state index in [0.29, 0.717) is 17.5 Å². The molecule has 0 saturated heterocycles. The van der Waals surface area contributed by atoms with E-state index >= 15 is 0 Å². The fourth-order valence-electron chi connectivity index (χ4n) is 2.96. The van der Waals surface area contributed by atoms with Crippen LogP contribution in [0.15, 0.2) is 58.2 Å². The van der Waals surface area contributed by atoms with Crippen LogP contribution in [-0.4, -0.2) is 21.6 Å². The highest BCUT2D eigenvalue weighted by molar-refractivity contribution is 7.98. The summed E-state index contributed by atoms with van der Waals surface area (Å²) >= 11 is 2.28. The fourth-order valence-corrected chi connectivity index (χ4v) is 4.50. The van der Waals surface area contributed by atoms with Crippen LogP contribution in [0.2, 0.25) is 0 Å². The number of rotatable bonds is 7. The number of hydrogen-bond acceptors (Lipinski definition) is 7. The van der Waals surface area contributed by atoms with Crippen LogP contribution in [0.1, 0.15) is 42.0 Å². The SMILES string of the molecule is CCNO[SH]=C1CC(c2nnc(SCc3ccccc3)o2)Oc2ccc(C)cc21. The molecule has 2 heterocycles. The Labute approximate surface area is 178 Å². The number of hydroxylamine groups is 1. The number of nitrogens with zero attached hydrogens (tertiary/aromatic N) is 2. The summed E-state index contributed by atoms with van der Waals surface area (Å²) in [5, 5.41) is 8.97. The lowest BCUT2D eigenvalue weighted by atomic mass is 10.00. The van der Waals surface area contributed by atoms with Crippen molar-refractivity contribution in [2.45, 2.75) is 37.3 Å². The average Bonchev–Trinajstić information content (AvgIpc) is 3.22. The molecule has 0 radical (unpaired) electrons. The van der Waals surface area contributed by atoms with Crippen molar-refractivity contribution in [1.29, 1.82) is 0 Å². The number of hydrogen-bond donors (Lipinski definition) is 2. The standard InChI is InChI=1S/C21H23N3O3S2/c1-3-22-27-29-19-12-18(25-17-10-9-14(2)11-16(17)19)20-23-24-21(26-20)28-13-15-7-5-4-6-8-15/h4-11,18,22,29H,3,12-13H2,1-2H3. The van der Waals surface area contributed by atoms with Gasteiger partial charge in [-0.1, -0.05) is 60.6 Å². The van der Waals surface area contributed by atoms with E-state index in [-0.39, 0.29) is 6.10 Å². The maximum Gasteiger partial charge on any atom is 0.277 e. The summed E-state index contributed by atoms with van der Waals surface area (Å²) in [5.74, 6) is 2.08. The van der Waals surface area contributed by atoms with E-state index < -0.39 is 0 Å². The Kier molecular flexibility index (Phi) is 6.66. The minimum absolute atomic E-state index is 0.323. The van der Waals surface area contributed by atoms with Crippen molar-refractivity contribution in [2.24, 2.45) is 0 Å². The Morgan fingerprint density at radius 2 is 2.07 bits per heavy atom. The number of aryl methyl sites for hydroxylation is 1. The van der Waals surface area contributed by atoms with Crippen LogP contribution in [0.25, 0.3) is 0 Å². The van der Waals surface area contributed by atoms with E-state index in [0.717, 1.165) is 40.1 Å². The number of nitrogens with one attached hydrogen (secondary N) is 1. The predicted octanol–water partition coefficient (Wildman–Crippen LogP) is 4.64. The second kappa shape index (κ2) is 9.58. The van der Waals surface area contributed by atoms with E-state index in [9.17, 15) is 0 Å². The number of fused-ring (bicyclic) bond motifs is 1. The third-order valence-corrected chi connectivity index (χ3v) is 6.12. The first-order valence-electron chi connectivity index (χ1n) is 9.46. The third kappa shape index (κ3) is 5.08. The number of aromatic nitrogens is 2. The Morgan fingerprint density at radius 1 is 1.21 bits per heavy atom. The van der Waals surface area contributed by atoms with Gasteiger partial charge in [0.2, 0.25) is 0 Å². The average molecular weight is 430 g/mol. The van der Waals surface area contributed by atoms with Gasteiger partial charge in [-0.2, -0.15) is 5.48 Å². The lowest BCUT2D eigenvalue weighted by molar-refractivity contribution is 0.165. The van der Waals surface area contributed by atoms with Gasteiger partial charge in [0.1, 0.15) is 5.75 Å². The van der Waals surface area contributed by atoms with Crippen LogP contribution in [0, 0.1) is 6.92 Å². The number of benzene rings is 2. The van der Waals surface area contributed by atoms with Crippen molar-refractivity contribution in [3.8, 4) is 5.75 Å². The zero-order chi connectivity index (χ0) is 20.1. The van der Waals surface area contributed by atoms with Gasteiger partial charge in [0.15, 0.2) is 6.10 Å². The molecular weight excluding hydrogens is 406 g/mol. The van der Waals surface area contributed by atoms with Crippen molar-refractivity contribution >= 4 is 28.3 Å². The molecule has 1 aliphatic heterocycles. The molecular formula is C21H23N3O3S2. The third-order valence-electron chi connectivity index (χ3n) is 4.36. The maximum absolute atomic E-state index is 6.18. The number of thiol groups is 1.